The van der Waals surface area contributed by atoms with Gasteiger partial charge in [-0.2, -0.15) is 4.72 Å². The molecule has 1 unspecified atom stereocenters. The number of aryl methyl sites for hydroxylation is 1. The SMILES string of the molecule is Cc1ccc2cccc(OCc3c(Cl)ccc(S(=O)(=O)NC(C)(C)C(=O)N4CCN(C(=O)C(N)CCCN=C(N)N)CC4)c3Cl)c2n1. The van der Waals surface area contributed by atoms with Gasteiger partial charge in [-0.05, 0) is 57.9 Å². The number of hydrogen-bond donors (Lipinski definition) is 4. The molecule has 0 radical (unpaired) electrons. The first-order chi connectivity index (χ1) is 22.1. The number of carbonyl (C=O) groups excluding carboxylic acids is 2. The van der Waals surface area contributed by atoms with Crippen molar-refractivity contribution >= 4 is 61.9 Å². The number of amides is 2. The minimum absolute atomic E-state index is 0.0210. The molecule has 13 nitrogen and oxygen atoms in total. The van der Waals surface area contributed by atoms with Crippen LogP contribution in [0.1, 0.15) is 37.9 Å². The zero-order chi connectivity index (χ0) is 34.5. The summed E-state index contributed by atoms with van der Waals surface area (Å²) >= 11 is 13.1. The third kappa shape index (κ3) is 8.82. The van der Waals surface area contributed by atoms with Crippen molar-refractivity contribution in [1.29, 1.82) is 0 Å². The van der Waals surface area contributed by atoms with Gasteiger partial charge in [0.1, 0.15) is 28.3 Å². The molecule has 1 atom stereocenters. The van der Waals surface area contributed by atoms with E-state index in [1.165, 1.54) is 30.9 Å². The second kappa shape index (κ2) is 15.0. The van der Waals surface area contributed by atoms with E-state index in [9.17, 15) is 18.0 Å². The van der Waals surface area contributed by atoms with E-state index in [1.807, 2.05) is 31.2 Å². The number of carbonyl (C=O) groups is 2. The predicted octanol–water partition coefficient (Wildman–Crippen LogP) is 2.54. The van der Waals surface area contributed by atoms with Crippen molar-refractivity contribution < 1.29 is 22.7 Å². The van der Waals surface area contributed by atoms with Crippen LogP contribution >= 0.6 is 23.2 Å². The molecule has 1 saturated heterocycles. The summed E-state index contributed by atoms with van der Waals surface area (Å²) in [5.74, 6) is -0.219. The molecule has 2 heterocycles. The number of fused-ring (bicyclic) bond motifs is 1. The number of piperazine rings is 1. The molecule has 0 saturated carbocycles. The Morgan fingerprint density at radius 1 is 1.06 bits per heavy atom. The minimum atomic E-state index is -4.31. The molecule has 0 spiro atoms. The van der Waals surface area contributed by atoms with E-state index < -0.39 is 27.5 Å². The second-order valence-corrected chi connectivity index (χ2v) is 14.2. The lowest BCUT2D eigenvalue weighted by Gasteiger charge is -2.39. The van der Waals surface area contributed by atoms with Crippen LogP contribution in [-0.2, 0) is 26.2 Å². The third-order valence-electron chi connectivity index (χ3n) is 7.72. The Kier molecular flexibility index (Phi) is 11.6. The van der Waals surface area contributed by atoms with Crippen molar-refractivity contribution in [2.24, 2.45) is 22.2 Å². The highest BCUT2D eigenvalue weighted by molar-refractivity contribution is 7.89. The van der Waals surface area contributed by atoms with Gasteiger partial charge in [0.2, 0.25) is 21.8 Å². The zero-order valence-corrected chi connectivity index (χ0v) is 28.8. The van der Waals surface area contributed by atoms with Gasteiger partial charge in [0.05, 0.1) is 11.1 Å². The Morgan fingerprint density at radius 2 is 1.74 bits per heavy atom. The summed E-state index contributed by atoms with van der Waals surface area (Å²) in [6, 6.07) is 11.3. The summed E-state index contributed by atoms with van der Waals surface area (Å²) in [4.78, 5) is 37.6. The predicted molar refractivity (Wildman–Crippen MR) is 183 cm³/mol. The molecular formula is C31H40Cl2N8O5S. The molecule has 0 bridgehead atoms. The molecule has 1 fully saturated rings. The third-order valence-corrected chi connectivity index (χ3v) is 10.3. The van der Waals surface area contributed by atoms with Crippen LogP contribution in [-0.4, -0.2) is 85.3 Å². The van der Waals surface area contributed by atoms with Crippen LogP contribution in [0.2, 0.25) is 10.0 Å². The van der Waals surface area contributed by atoms with E-state index in [0.717, 1.165) is 11.1 Å². The number of para-hydroxylation sites is 1. The van der Waals surface area contributed by atoms with Crippen LogP contribution in [0.4, 0.5) is 0 Å². The number of aliphatic imine (C=N–C) groups is 1. The fraction of sp³-hybridized carbons (Fsp3) is 0.419. The Labute approximate surface area is 284 Å². The minimum Gasteiger partial charge on any atom is -0.487 e. The van der Waals surface area contributed by atoms with Gasteiger partial charge < -0.3 is 31.7 Å². The Bertz CT molecular complexity index is 1770. The van der Waals surface area contributed by atoms with Crippen molar-refractivity contribution in [1.82, 2.24) is 19.5 Å². The van der Waals surface area contributed by atoms with Crippen LogP contribution in [0, 0.1) is 6.92 Å². The van der Waals surface area contributed by atoms with Crippen molar-refractivity contribution in [2.75, 3.05) is 32.7 Å². The largest absolute Gasteiger partial charge is 0.487 e. The van der Waals surface area contributed by atoms with Gasteiger partial charge in [0.15, 0.2) is 5.96 Å². The van der Waals surface area contributed by atoms with Crippen LogP contribution in [0.25, 0.3) is 10.9 Å². The summed E-state index contributed by atoms with van der Waals surface area (Å²) in [5, 5.41) is 0.972. The highest BCUT2D eigenvalue weighted by Crippen LogP contribution is 2.34. The number of aromatic nitrogens is 1. The lowest BCUT2D eigenvalue weighted by Crippen LogP contribution is -2.61. The molecule has 47 heavy (non-hydrogen) atoms. The number of nitrogens with zero attached hydrogens (tertiary/aromatic N) is 4. The van der Waals surface area contributed by atoms with Gasteiger partial charge in [-0.25, -0.2) is 13.4 Å². The Hall–Kier alpha value is -3.69. The Morgan fingerprint density at radius 3 is 2.43 bits per heavy atom. The second-order valence-electron chi connectivity index (χ2n) is 11.8. The van der Waals surface area contributed by atoms with E-state index in [0.29, 0.717) is 30.7 Å². The number of nitrogens with two attached hydrogens (primary N) is 3. The first-order valence-electron chi connectivity index (χ1n) is 15.0. The van der Waals surface area contributed by atoms with Gasteiger partial charge in [-0.15, -0.1) is 0 Å². The maximum Gasteiger partial charge on any atom is 0.243 e. The molecule has 4 rings (SSSR count). The number of rotatable bonds is 12. The molecule has 1 aliphatic rings. The smallest absolute Gasteiger partial charge is 0.243 e. The summed E-state index contributed by atoms with van der Waals surface area (Å²) in [6.45, 7) is 6.00. The van der Waals surface area contributed by atoms with Crippen LogP contribution in [0.5, 0.6) is 5.75 Å². The average Bonchev–Trinajstić information content (AvgIpc) is 3.01. The number of hydrogen-bond acceptors (Lipinski definition) is 8. The van der Waals surface area contributed by atoms with Gasteiger partial charge in [0, 0.05) is 54.4 Å². The molecule has 2 amide bonds. The molecular weight excluding hydrogens is 667 g/mol. The van der Waals surface area contributed by atoms with Crippen LogP contribution in [0.15, 0.2) is 52.4 Å². The number of benzene rings is 2. The fourth-order valence-electron chi connectivity index (χ4n) is 5.24. The van der Waals surface area contributed by atoms with Crippen molar-refractivity contribution in [2.45, 2.75) is 56.7 Å². The number of halogens is 2. The molecule has 0 aliphatic carbocycles. The molecule has 2 aromatic carbocycles. The normalized spacial score (nSPS) is 14.6. The lowest BCUT2D eigenvalue weighted by molar-refractivity contribution is -0.143. The highest BCUT2D eigenvalue weighted by atomic mass is 35.5. The molecule has 7 N–H and O–H groups in total. The van der Waals surface area contributed by atoms with Gasteiger partial charge in [0.25, 0.3) is 0 Å². The number of ether oxygens (including phenoxy) is 1. The van der Waals surface area contributed by atoms with Crippen LogP contribution < -0.4 is 26.7 Å². The number of sulfonamides is 1. The quantitative estimate of drug-likeness (QED) is 0.124. The molecule has 1 aliphatic heterocycles. The summed E-state index contributed by atoms with van der Waals surface area (Å²) < 4.78 is 35.8. The van der Waals surface area contributed by atoms with Crippen molar-refractivity contribution in [3.05, 3.63) is 63.8 Å². The topological polar surface area (TPSA) is 199 Å². The maximum absolute atomic E-state index is 13.6. The molecule has 1 aromatic heterocycles. The summed E-state index contributed by atoms with van der Waals surface area (Å²) in [6.07, 6.45) is 0.954. The van der Waals surface area contributed by atoms with Crippen LogP contribution in [0.3, 0.4) is 0 Å². The maximum atomic E-state index is 13.6. The monoisotopic (exact) mass is 706 g/mol. The molecule has 254 valence electrons. The van der Waals surface area contributed by atoms with E-state index in [2.05, 4.69) is 14.7 Å². The summed E-state index contributed by atoms with van der Waals surface area (Å²) in [7, 11) is -4.31. The fourth-order valence-corrected chi connectivity index (χ4v) is 7.50. The highest BCUT2D eigenvalue weighted by Gasteiger charge is 2.39. The molecule has 16 heteroatoms. The molecule has 3 aromatic rings. The van der Waals surface area contributed by atoms with Gasteiger partial charge in [-0.1, -0.05) is 41.4 Å². The first kappa shape index (κ1) is 36.2. The lowest BCUT2D eigenvalue weighted by atomic mass is 10.0. The standard InChI is InChI=1S/C31H40Cl2N8O5S/c1-19-9-10-20-6-4-8-24(27(20)38-19)46-18-21-22(32)11-12-25(26(21)33)47(44,45)39-31(2,3)29(43)41-16-14-40(15-17-41)28(42)23(34)7-5-13-37-30(35)36/h4,6,8-12,23,39H,5,7,13-18,34H2,1-3H3,(H4,35,36,37). The van der Waals surface area contributed by atoms with Gasteiger partial charge >= 0.3 is 0 Å². The number of pyridine rings is 1. The average molecular weight is 708 g/mol. The first-order valence-corrected chi connectivity index (χ1v) is 17.2. The van der Waals surface area contributed by atoms with E-state index in [4.69, 9.17) is 45.1 Å². The van der Waals surface area contributed by atoms with Gasteiger partial charge in [-0.3, -0.25) is 14.6 Å². The van der Waals surface area contributed by atoms with E-state index in [1.54, 1.807) is 11.0 Å². The summed E-state index contributed by atoms with van der Waals surface area (Å²) in [5.41, 5.74) is 16.9. The Balaban J connectivity index is 1.40. The van der Waals surface area contributed by atoms with Crippen molar-refractivity contribution in [3.8, 4) is 5.75 Å². The number of nitrogens with one attached hydrogen (secondary N) is 1. The van der Waals surface area contributed by atoms with E-state index in [-0.39, 0.29) is 65.2 Å². The van der Waals surface area contributed by atoms with E-state index >= 15 is 0 Å². The van der Waals surface area contributed by atoms with Crippen molar-refractivity contribution in [3.63, 3.8) is 0 Å². The zero-order valence-electron chi connectivity index (χ0n) is 26.5. The number of guanidine groups is 1.